The Bertz CT molecular complexity index is 419. The van der Waals surface area contributed by atoms with E-state index in [9.17, 15) is 4.79 Å². The lowest BCUT2D eigenvalue weighted by Crippen LogP contribution is -2.24. The van der Waals surface area contributed by atoms with Crippen LogP contribution in [0.5, 0.6) is 0 Å². The largest absolute Gasteiger partial charge is 0.370 e. The van der Waals surface area contributed by atoms with Crippen LogP contribution >= 0.6 is 0 Å². The van der Waals surface area contributed by atoms with Crippen LogP contribution < -0.4 is 10.6 Å². The van der Waals surface area contributed by atoms with Crippen LogP contribution in [-0.2, 0) is 0 Å². The molecule has 0 unspecified atom stereocenters. The molecule has 0 spiro atoms. The van der Waals surface area contributed by atoms with Crippen molar-refractivity contribution in [2.24, 2.45) is 0 Å². The number of carbonyl (C=O) groups is 1. The molecule has 6 nitrogen and oxygen atoms in total. The van der Waals surface area contributed by atoms with Gasteiger partial charge >= 0.3 is 0 Å². The van der Waals surface area contributed by atoms with Crippen LogP contribution in [0.15, 0.2) is 25.0 Å². The summed E-state index contributed by atoms with van der Waals surface area (Å²) >= 11 is 0. The van der Waals surface area contributed by atoms with E-state index in [-0.39, 0.29) is 5.91 Å². The van der Waals surface area contributed by atoms with Crippen molar-refractivity contribution in [1.82, 2.24) is 20.2 Å². The lowest BCUT2D eigenvalue weighted by molar-refractivity contribution is 0.0953. The molecule has 6 heteroatoms. The minimum Gasteiger partial charge on any atom is -0.370 e. The van der Waals surface area contributed by atoms with Gasteiger partial charge in [-0.1, -0.05) is 6.08 Å². The topological polar surface area (TPSA) is 70.2 Å². The number of hydrogen-bond donors (Lipinski definition) is 2. The zero-order valence-corrected chi connectivity index (χ0v) is 11.5. The van der Waals surface area contributed by atoms with E-state index in [0.717, 1.165) is 19.5 Å². The Labute approximate surface area is 113 Å². The molecule has 1 heterocycles. The Morgan fingerprint density at radius 3 is 2.95 bits per heavy atom. The van der Waals surface area contributed by atoms with Gasteiger partial charge in [0, 0.05) is 19.2 Å². The average Bonchev–Trinajstić information content (AvgIpc) is 2.41. The number of amides is 1. The quantitative estimate of drug-likeness (QED) is 0.535. The number of aromatic nitrogens is 2. The van der Waals surface area contributed by atoms with Crippen molar-refractivity contribution in [2.75, 3.05) is 39.0 Å². The highest BCUT2D eigenvalue weighted by Gasteiger charge is 2.07. The summed E-state index contributed by atoms with van der Waals surface area (Å²) in [6.45, 7) is 5.78. The summed E-state index contributed by atoms with van der Waals surface area (Å²) in [6, 6.07) is 1.65. The smallest absolute Gasteiger partial charge is 0.270 e. The predicted molar refractivity (Wildman–Crippen MR) is 76.2 cm³/mol. The minimum absolute atomic E-state index is 0.223. The molecular formula is C13H21N5O. The van der Waals surface area contributed by atoms with E-state index in [2.05, 4.69) is 32.1 Å². The number of anilines is 1. The van der Waals surface area contributed by atoms with Crippen LogP contribution in [0, 0.1) is 0 Å². The molecule has 0 fully saturated rings. The average molecular weight is 263 g/mol. The van der Waals surface area contributed by atoms with Crippen molar-refractivity contribution in [1.29, 1.82) is 0 Å². The Kier molecular flexibility index (Phi) is 6.52. The Morgan fingerprint density at radius 2 is 2.26 bits per heavy atom. The number of carbonyl (C=O) groups excluding carboxylic acids is 1. The highest BCUT2D eigenvalue weighted by molar-refractivity contribution is 5.92. The first-order chi connectivity index (χ1) is 9.13. The number of rotatable bonds is 8. The van der Waals surface area contributed by atoms with Gasteiger partial charge in [0.15, 0.2) is 0 Å². The maximum Gasteiger partial charge on any atom is 0.270 e. The molecule has 0 aliphatic heterocycles. The molecule has 2 N–H and O–H groups in total. The Balaban J connectivity index is 2.47. The maximum absolute atomic E-state index is 11.7. The molecule has 104 valence electrons. The third kappa shape index (κ3) is 5.96. The molecule has 0 bridgehead atoms. The summed E-state index contributed by atoms with van der Waals surface area (Å²) in [5, 5.41) is 5.85. The summed E-state index contributed by atoms with van der Waals surface area (Å²) in [4.78, 5) is 21.8. The van der Waals surface area contributed by atoms with Gasteiger partial charge < -0.3 is 15.5 Å². The molecule has 0 saturated carbocycles. The Hall–Kier alpha value is -1.95. The maximum atomic E-state index is 11.7. The standard InChI is InChI=1S/C13H21N5O/c1-4-6-15-13(19)11-9-12(17-10-16-11)14-7-5-8-18(2)3/h4,9-10H,1,5-8H2,2-3H3,(H,15,19)(H,14,16,17). The van der Waals surface area contributed by atoms with Crippen molar-refractivity contribution < 1.29 is 4.79 Å². The van der Waals surface area contributed by atoms with Crippen LogP contribution in [0.4, 0.5) is 5.82 Å². The van der Waals surface area contributed by atoms with Crippen molar-refractivity contribution in [3.8, 4) is 0 Å². The van der Waals surface area contributed by atoms with Gasteiger partial charge in [0.2, 0.25) is 0 Å². The fraction of sp³-hybridized carbons (Fsp3) is 0.462. The molecule has 0 aliphatic rings. The molecule has 0 radical (unpaired) electrons. The zero-order valence-electron chi connectivity index (χ0n) is 11.5. The van der Waals surface area contributed by atoms with Crippen LogP contribution in [-0.4, -0.2) is 54.5 Å². The second-order valence-electron chi connectivity index (χ2n) is 4.37. The van der Waals surface area contributed by atoms with Gasteiger partial charge in [-0.3, -0.25) is 4.79 Å². The van der Waals surface area contributed by atoms with Crippen LogP contribution in [0.2, 0.25) is 0 Å². The van der Waals surface area contributed by atoms with Crippen LogP contribution in [0.3, 0.4) is 0 Å². The normalized spacial score (nSPS) is 10.3. The second-order valence-corrected chi connectivity index (χ2v) is 4.37. The van der Waals surface area contributed by atoms with E-state index in [1.165, 1.54) is 6.33 Å². The fourth-order valence-electron chi connectivity index (χ4n) is 1.45. The zero-order chi connectivity index (χ0) is 14.1. The molecule has 0 atom stereocenters. The van der Waals surface area contributed by atoms with E-state index in [1.54, 1.807) is 12.1 Å². The second kappa shape index (κ2) is 8.20. The van der Waals surface area contributed by atoms with Crippen molar-refractivity contribution >= 4 is 11.7 Å². The summed E-state index contributed by atoms with van der Waals surface area (Å²) in [5.41, 5.74) is 0.354. The van der Waals surface area contributed by atoms with E-state index in [0.29, 0.717) is 18.1 Å². The molecule has 1 aromatic rings. The third-order valence-corrected chi connectivity index (χ3v) is 2.39. The Morgan fingerprint density at radius 1 is 1.47 bits per heavy atom. The first-order valence-corrected chi connectivity index (χ1v) is 6.23. The van der Waals surface area contributed by atoms with Crippen molar-refractivity contribution in [3.63, 3.8) is 0 Å². The first-order valence-electron chi connectivity index (χ1n) is 6.23. The number of hydrogen-bond acceptors (Lipinski definition) is 5. The number of nitrogens with one attached hydrogen (secondary N) is 2. The first kappa shape index (κ1) is 15.1. The lowest BCUT2D eigenvalue weighted by Gasteiger charge is -2.10. The minimum atomic E-state index is -0.223. The van der Waals surface area contributed by atoms with Crippen LogP contribution in [0.25, 0.3) is 0 Å². The lowest BCUT2D eigenvalue weighted by atomic mass is 10.3. The van der Waals surface area contributed by atoms with Crippen molar-refractivity contribution in [3.05, 3.63) is 30.7 Å². The van der Waals surface area contributed by atoms with Gasteiger partial charge in [0.05, 0.1) is 0 Å². The SMILES string of the molecule is C=CCNC(=O)c1cc(NCCCN(C)C)ncn1. The van der Waals surface area contributed by atoms with Gasteiger partial charge in [0.25, 0.3) is 5.91 Å². The molecule has 1 aromatic heterocycles. The summed E-state index contributed by atoms with van der Waals surface area (Å²) in [7, 11) is 4.07. The van der Waals surface area contributed by atoms with E-state index in [1.807, 2.05) is 14.1 Å². The van der Waals surface area contributed by atoms with Crippen molar-refractivity contribution in [2.45, 2.75) is 6.42 Å². The van der Waals surface area contributed by atoms with E-state index >= 15 is 0 Å². The number of nitrogens with zero attached hydrogens (tertiary/aromatic N) is 3. The summed E-state index contributed by atoms with van der Waals surface area (Å²) in [5.74, 6) is 0.441. The molecule has 0 aromatic carbocycles. The van der Waals surface area contributed by atoms with Gasteiger partial charge in [0.1, 0.15) is 17.8 Å². The predicted octanol–water partition coefficient (Wildman–Crippen LogP) is 0.756. The van der Waals surface area contributed by atoms with Gasteiger partial charge in [-0.15, -0.1) is 6.58 Å². The molecule has 1 rings (SSSR count). The highest BCUT2D eigenvalue weighted by Crippen LogP contribution is 2.04. The summed E-state index contributed by atoms with van der Waals surface area (Å²) < 4.78 is 0. The fourth-order valence-corrected chi connectivity index (χ4v) is 1.45. The van der Waals surface area contributed by atoms with E-state index in [4.69, 9.17) is 0 Å². The molecule has 0 saturated heterocycles. The monoisotopic (exact) mass is 263 g/mol. The summed E-state index contributed by atoms with van der Waals surface area (Å²) in [6.07, 6.45) is 4.02. The molecule has 1 amide bonds. The van der Waals surface area contributed by atoms with Gasteiger partial charge in [-0.25, -0.2) is 9.97 Å². The van der Waals surface area contributed by atoms with Crippen LogP contribution in [0.1, 0.15) is 16.9 Å². The van der Waals surface area contributed by atoms with Gasteiger partial charge in [-0.05, 0) is 27.1 Å². The molecular weight excluding hydrogens is 242 g/mol. The third-order valence-electron chi connectivity index (χ3n) is 2.39. The molecule has 0 aliphatic carbocycles. The van der Waals surface area contributed by atoms with E-state index < -0.39 is 0 Å². The highest BCUT2D eigenvalue weighted by atomic mass is 16.1. The molecule has 19 heavy (non-hydrogen) atoms. The van der Waals surface area contributed by atoms with Gasteiger partial charge in [-0.2, -0.15) is 0 Å².